The molecule has 232 valence electrons. The third-order valence-corrected chi connectivity index (χ3v) is 8.18. The zero-order chi connectivity index (χ0) is 31.5. The molecule has 0 spiro atoms. The Morgan fingerprint density at radius 2 is 1.86 bits per heavy atom. The Morgan fingerprint density at radius 3 is 2.50 bits per heavy atom. The van der Waals surface area contributed by atoms with Crippen LogP contribution >= 0.6 is 11.6 Å². The molecule has 0 N–H and O–H groups in total. The van der Waals surface area contributed by atoms with Crippen molar-refractivity contribution in [2.24, 2.45) is 0 Å². The Hall–Kier alpha value is -4.03. The summed E-state index contributed by atoms with van der Waals surface area (Å²) in [6.07, 6.45) is 2.30. The molecular formula is C31H31ClF4N6O2. The minimum absolute atomic E-state index is 0.0261. The van der Waals surface area contributed by atoms with Gasteiger partial charge >= 0.3 is 6.01 Å². The van der Waals surface area contributed by atoms with E-state index in [1.165, 1.54) is 56.3 Å². The fourth-order valence-corrected chi connectivity index (χ4v) is 5.81. The molecule has 2 aromatic carbocycles. The number of benzene rings is 2. The number of ether oxygens (including phenoxy) is 1. The van der Waals surface area contributed by atoms with Crippen LogP contribution in [-0.2, 0) is 4.79 Å². The summed E-state index contributed by atoms with van der Waals surface area (Å²) in [5, 5.41) is 0.844. The monoisotopic (exact) mass is 630 g/mol. The molecule has 4 aromatic rings. The first-order valence-electron chi connectivity index (χ1n) is 14.1. The van der Waals surface area contributed by atoms with E-state index in [1.807, 2.05) is 0 Å². The van der Waals surface area contributed by atoms with Gasteiger partial charge in [0.25, 0.3) is 6.43 Å². The molecule has 1 atom stereocenters. The van der Waals surface area contributed by atoms with Gasteiger partial charge in [-0.05, 0) is 50.5 Å². The van der Waals surface area contributed by atoms with E-state index < -0.39 is 30.0 Å². The maximum absolute atomic E-state index is 16.0. The molecule has 1 unspecified atom stereocenters. The highest BCUT2D eigenvalue weighted by atomic mass is 35.5. The van der Waals surface area contributed by atoms with Crippen molar-refractivity contribution in [3.8, 4) is 17.3 Å². The quantitative estimate of drug-likeness (QED) is 0.199. The van der Waals surface area contributed by atoms with Gasteiger partial charge in [-0.15, -0.1) is 0 Å². The minimum atomic E-state index is -2.84. The molecule has 2 saturated heterocycles. The van der Waals surface area contributed by atoms with Crippen molar-refractivity contribution < 1.29 is 27.1 Å². The zero-order valence-corrected chi connectivity index (χ0v) is 25.0. The summed E-state index contributed by atoms with van der Waals surface area (Å²) in [5.74, 6) is -1.99. The Bertz CT molecular complexity index is 1700. The predicted octanol–water partition coefficient (Wildman–Crippen LogP) is 5.97. The van der Waals surface area contributed by atoms with Crippen LogP contribution in [-0.4, -0.2) is 90.0 Å². The summed E-state index contributed by atoms with van der Waals surface area (Å²) in [7, 11) is 3.47. The largest absolute Gasteiger partial charge is 0.467 e. The van der Waals surface area contributed by atoms with Crippen molar-refractivity contribution in [2.75, 3.05) is 51.8 Å². The summed E-state index contributed by atoms with van der Waals surface area (Å²) < 4.78 is 63.3. The molecule has 2 aromatic heterocycles. The number of rotatable bonds is 5. The summed E-state index contributed by atoms with van der Waals surface area (Å²) in [6.45, 7) is 5.86. The first-order chi connectivity index (χ1) is 21.1. The number of anilines is 1. The molecule has 4 heterocycles. The van der Waals surface area contributed by atoms with E-state index in [2.05, 4.69) is 33.5 Å². The van der Waals surface area contributed by atoms with Crippen molar-refractivity contribution in [1.29, 1.82) is 0 Å². The Balaban J connectivity index is 0.000000573. The van der Waals surface area contributed by atoms with Crippen molar-refractivity contribution >= 4 is 45.0 Å². The van der Waals surface area contributed by atoms with Crippen LogP contribution in [0.15, 0.2) is 49.2 Å². The van der Waals surface area contributed by atoms with Gasteiger partial charge in [0.05, 0.1) is 17.5 Å². The average molecular weight is 631 g/mol. The highest BCUT2D eigenvalue weighted by Gasteiger charge is 2.37. The van der Waals surface area contributed by atoms with Gasteiger partial charge in [0.15, 0.2) is 5.82 Å². The number of likely N-dealkylation sites (tertiary alicyclic amines) is 1. The normalized spacial score (nSPS) is 17.2. The molecule has 2 fully saturated rings. The van der Waals surface area contributed by atoms with Crippen LogP contribution in [0.2, 0.25) is 5.02 Å². The number of alkyl halides is 2. The number of aromatic nitrogens is 3. The fourth-order valence-electron chi connectivity index (χ4n) is 5.53. The molecule has 44 heavy (non-hydrogen) atoms. The van der Waals surface area contributed by atoms with Gasteiger partial charge in [-0.3, -0.25) is 9.78 Å². The molecule has 2 aliphatic rings. The molecule has 13 heteroatoms. The van der Waals surface area contributed by atoms with E-state index in [1.54, 1.807) is 18.2 Å². The van der Waals surface area contributed by atoms with Gasteiger partial charge in [0.2, 0.25) is 5.91 Å². The van der Waals surface area contributed by atoms with Crippen LogP contribution in [0.25, 0.3) is 32.9 Å². The number of nitrogens with zero attached hydrogens (tertiary/aromatic N) is 6. The third kappa shape index (κ3) is 6.14. The number of carbonyl (C=O) groups excluding carboxylic acids is 1. The van der Waals surface area contributed by atoms with E-state index in [4.69, 9.17) is 16.3 Å². The zero-order valence-electron chi connectivity index (χ0n) is 24.2. The van der Waals surface area contributed by atoms with E-state index in [0.29, 0.717) is 5.39 Å². The van der Waals surface area contributed by atoms with Crippen molar-refractivity contribution in [1.82, 2.24) is 24.8 Å². The molecule has 0 bridgehead atoms. The number of fused-ring (bicyclic) bond motifs is 2. The van der Waals surface area contributed by atoms with Gasteiger partial charge < -0.3 is 19.4 Å². The summed E-state index contributed by atoms with van der Waals surface area (Å²) in [6, 6.07) is 6.06. The second kappa shape index (κ2) is 13.3. The molecule has 0 radical (unpaired) electrons. The second-order valence-corrected chi connectivity index (χ2v) is 11.0. The number of piperazine rings is 1. The molecule has 0 aliphatic carbocycles. The smallest absolute Gasteiger partial charge is 0.318 e. The van der Waals surface area contributed by atoms with Crippen molar-refractivity contribution in [2.45, 2.75) is 25.3 Å². The lowest BCUT2D eigenvalue weighted by molar-refractivity contribution is -0.132. The molecule has 2 aliphatic heterocycles. The van der Waals surface area contributed by atoms with E-state index in [-0.39, 0.29) is 64.0 Å². The number of hydrogen-bond acceptors (Lipinski definition) is 7. The highest BCUT2D eigenvalue weighted by molar-refractivity contribution is 6.36. The third-order valence-electron chi connectivity index (χ3n) is 7.81. The lowest BCUT2D eigenvalue weighted by atomic mass is 10.0. The number of carbonyl (C=O) groups is 1. The number of amides is 1. The SMILES string of the molecule is C=CC(=O)N1CCN(c2nc(OC)nc3c(F)c(-c4cccc5ccc(F)c(Cl)c45)ncc23)CC1C(F)F.CN1CCCC1. The topological polar surface area (TPSA) is 74.7 Å². The van der Waals surface area contributed by atoms with E-state index >= 15 is 4.39 Å². The van der Waals surface area contributed by atoms with Crippen molar-refractivity contribution in [3.05, 3.63) is 65.8 Å². The summed E-state index contributed by atoms with van der Waals surface area (Å²) in [4.78, 5) is 29.8. The van der Waals surface area contributed by atoms with E-state index in [0.717, 1.165) is 11.0 Å². The van der Waals surface area contributed by atoms with Gasteiger partial charge in [-0.2, -0.15) is 9.97 Å². The van der Waals surface area contributed by atoms with Crippen LogP contribution in [0.4, 0.5) is 23.4 Å². The van der Waals surface area contributed by atoms with Crippen molar-refractivity contribution in [3.63, 3.8) is 0 Å². The van der Waals surface area contributed by atoms with Gasteiger partial charge in [-0.25, -0.2) is 17.6 Å². The maximum Gasteiger partial charge on any atom is 0.318 e. The van der Waals surface area contributed by atoms with E-state index in [9.17, 15) is 18.0 Å². The number of methoxy groups -OCH3 is 1. The Morgan fingerprint density at radius 1 is 1.11 bits per heavy atom. The lowest BCUT2D eigenvalue weighted by Gasteiger charge is -2.41. The van der Waals surface area contributed by atoms with Crippen LogP contribution in [0, 0.1) is 11.6 Å². The van der Waals surface area contributed by atoms with Crippen LogP contribution in [0.5, 0.6) is 6.01 Å². The first-order valence-corrected chi connectivity index (χ1v) is 14.4. The van der Waals surface area contributed by atoms with Crippen LogP contribution in [0.1, 0.15) is 12.8 Å². The van der Waals surface area contributed by atoms with Gasteiger partial charge in [0.1, 0.15) is 28.9 Å². The predicted molar refractivity (Wildman–Crippen MR) is 162 cm³/mol. The molecule has 0 saturated carbocycles. The summed E-state index contributed by atoms with van der Waals surface area (Å²) in [5.41, 5.74) is -0.0476. The fraction of sp³-hybridized carbons (Fsp3) is 0.355. The number of pyridine rings is 1. The number of hydrogen-bond donors (Lipinski definition) is 0. The molecule has 8 nitrogen and oxygen atoms in total. The first kappa shape index (κ1) is 31.4. The minimum Gasteiger partial charge on any atom is -0.467 e. The molecule has 6 rings (SSSR count). The average Bonchev–Trinajstić information content (AvgIpc) is 3.52. The standard InChI is InChI=1S/C26H20ClF4N5O2.C5H11N/c1-3-18(37)36-10-9-35(12-17(36)24(30)31)25-15-11-32-22(21(29)23(15)33-26(34-25)38-2)14-6-4-5-13-7-8-16(28)20(27)19(13)14;1-6-4-2-3-5-6/h3-8,11,17,24H,1,9-10,12H2,2H3;2-5H2,1H3. The van der Waals surface area contributed by atoms with Gasteiger partial charge in [0, 0.05) is 36.8 Å². The highest BCUT2D eigenvalue weighted by Crippen LogP contribution is 2.38. The van der Waals surface area contributed by atoms with Crippen LogP contribution in [0.3, 0.4) is 0 Å². The lowest BCUT2D eigenvalue weighted by Crippen LogP contribution is -2.58. The Labute approximate surface area is 256 Å². The van der Waals surface area contributed by atoms with Gasteiger partial charge in [-0.1, -0.05) is 42.4 Å². The molecular weight excluding hydrogens is 600 g/mol. The Kier molecular flexibility index (Phi) is 9.50. The maximum atomic E-state index is 16.0. The molecule has 1 amide bonds. The summed E-state index contributed by atoms with van der Waals surface area (Å²) >= 11 is 6.24. The van der Waals surface area contributed by atoms with Crippen LogP contribution < -0.4 is 9.64 Å². The second-order valence-electron chi connectivity index (χ2n) is 10.6. The number of halogens is 5.